The Hall–Kier alpha value is -0.520. The summed E-state index contributed by atoms with van der Waals surface area (Å²) in [6.45, 7) is 0.938. The highest BCUT2D eigenvalue weighted by molar-refractivity contribution is 7.03. The summed E-state index contributed by atoms with van der Waals surface area (Å²) in [5.41, 5.74) is 1.06. The molecule has 1 saturated heterocycles. The van der Waals surface area contributed by atoms with Crippen molar-refractivity contribution in [2.75, 3.05) is 13.7 Å². The Bertz CT molecular complexity index is 272. The highest BCUT2D eigenvalue weighted by atomic mass is 32.1. The second-order valence-corrected chi connectivity index (χ2v) is 4.49. The van der Waals surface area contributed by atoms with Crippen molar-refractivity contribution in [1.82, 2.24) is 14.9 Å². The number of aromatic nitrogens is 2. The van der Waals surface area contributed by atoms with Crippen LogP contribution >= 0.6 is 11.5 Å². The number of hydrogen-bond donors (Lipinski definition) is 1. The molecule has 15 heavy (non-hydrogen) atoms. The molecule has 4 nitrogen and oxygen atoms in total. The molecule has 0 saturated carbocycles. The van der Waals surface area contributed by atoms with Crippen molar-refractivity contribution in [2.24, 2.45) is 0 Å². The first-order valence-electron chi connectivity index (χ1n) is 5.46. The highest BCUT2D eigenvalue weighted by Gasteiger charge is 2.19. The van der Waals surface area contributed by atoms with Crippen molar-refractivity contribution in [3.63, 3.8) is 0 Å². The van der Waals surface area contributed by atoms with E-state index < -0.39 is 0 Å². The number of hydrogen-bond acceptors (Lipinski definition) is 5. The van der Waals surface area contributed by atoms with Crippen LogP contribution in [0.2, 0.25) is 0 Å². The van der Waals surface area contributed by atoms with Crippen LogP contribution in [0.15, 0.2) is 5.38 Å². The third kappa shape index (κ3) is 2.96. The summed E-state index contributed by atoms with van der Waals surface area (Å²) in [5, 5.41) is 9.39. The van der Waals surface area contributed by atoms with Gasteiger partial charge in [0.05, 0.1) is 17.8 Å². The van der Waals surface area contributed by atoms with E-state index in [1.807, 2.05) is 12.4 Å². The Balaban J connectivity index is 1.80. The van der Waals surface area contributed by atoms with Gasteiger partial charge < -0.3 is 10.1 Å². The summed E-state index contributed by atoms with van der Waals surface area (Å²) in [6.07, 6.45) is 5.08. The third-order valence-corrected chi connectivity index (χ3v) is 3.41. The first-order valence-corrected chi connectivity index (χ1v) is 6.29. The second-order valence-electron chi connectivity index (χ2n) is 3.88. The maximum atomic E-state index is 5.60. The molecule has 2 unspecified atom stereocenters. The van der Waals surface area contributed by atoms with Crippen LogP contribution in [0, 0.1) is 0 Å². The molecule has 2 heterocycles. The fourth-order valence-corrected chi connectivity index (χ4v) is 2.50. The van der Waals surface area contributed by atoms with E-state index in [1.54, 1.807) is 0 Å². The maximum absolute atomic E-state index is 5.60. The number of rotatable bonds is 5. The van der Waals surface area contributed by atoms with E-state index >= 15 is 0 Å². The first kappa shape index (κ1) is 11.0. The van der Waals surface area contributed by atoms with Gasteiger partial charge in [-0.15, -0.1) is 5.10 Å². The summed E-state index contributed by atoms with van der Waals surface area (Å²) < 4.78 is 9.50. The van der Waals surface area contributed by atoms with Crippen LogP contribution in [0.4, 0.5) is 0 Å². The zero-order chi connectivity index (χ0) is 10.5. The molecule has 1 aromatic rings. The molecule has 0 aliphatic carbocycles. The van der Waals surface area contributed by atoms with Gasteiger partial charge in [-0.05, 0) is 44.3 Å². The van der Waals surface area contributed by atoms with Crippen LogP contribution < -0.4 is 5.32 Å². The molecule has 0 amide bonds. The van der Waals surface area contributed by atoms with Gasteiger partial charge in [-0.2, -0.15) is 0 Å². The third-order valence-electron chi connectivity index (χ3n) is 2.88. The van der Waals surface area contributed by atoms with E-state index in [0.29, 0.717) is 12.1 Å². The molecule has 1 aliphatic rings. The summed E-state index contributed by atoms with van der Waals surface area (Å²) in [5.74, 6) is 0. The van der Waals surface area contributed by atoms with Gasteiger partial charge in [0.25, 0.3) is 0 Å². The molecule has 0 radical (unpaired) electrons. The molecule has 84 valence electrons. The Kier molecular flexibility index (Phi) is 4.05. The largest absolute Gasteiger partial charge is 0.378 e. The van der Waals surface area contributed by atoms with Gasteiger partial charge in [0.1, 0.15) is 0 Å². The highest BCUT2D eigenvalue weighted by Crippen LogP contribution is 2.23. The van der Waals surface area contributed by atoms with Crippen molar-refractivity contribution >= 4 is 11.5 Å². The molecule has 2 rings (SSSR count). The van der Waals surface area contributed by atoms with Gasteiger partial charge in [0, 0.05) is 12.0 Å². The van der Waals surface area contributed by atoms with E-state index in [2.05, 4.69) is 14.9 Å². The molecular formula is C10H17N3OS. The predicted molar refractivity (Wildman–Crippen MR) is 59.9 cm³/mol. The van der Waals surface area contributed by atoms with Crippen molar-refractivity contribution in [1.29, 1.82) is 0 Å². The molecule has 1 aliphatic heterocycles. The minimum absolute atomic E-state index is 0.327. The van der Waals surface area contributed by atoms with Crippen LogP contribution in [0.3, 0.4) is 0 Å². The van der Waals surface area contributed by atoms with Crippen molar-refractivity contribution in [3.05, 3.63) is 11.1 Å². The Morgan fingerprint density at radius 2 is 2.67 bits per heavy atom. The van der Waals surface area contributed by atoms with E-state index in [-0.39, 0.29) is 0 Å². The zero-order valence-electron chi connectivity index (χ0n) is 8.98. The Morgan fingerprint density at radius 1 is 1.73 bits per heavy atom. The van der Waals surface area contributed by atoms with Gasteiger partial charge >= 0.3 is 0 Å². The maximum Gasteiger partial charge on any atom is 0.0924 e. The van der Waals surface area contributed by atoms with E-state index in [9.17, 15) is 0 Å². The topological polar surface area (TPSA) is 47.0 Å². The lowest BCUT2D eigenvalue weighted by atomic mass is 10.0. The summed E-state index contributed by atoms with van der Waals surface area (Å²) in [4.78, 5) is 0. The molecular weight excluding hydrogens is 210 g/mol. The molecule has 1 fully saturated rings. The quantitative estimate of drug-likeness (QED) is 0.832. The van der Waals surface area contributed by atoms with Gasteiger partial charge in [0.2, 0.25) is 0 Å². The lowest BCUT2D eigenvalue weighted by molar-refractivity contribution is 0.0997. The summed E-state index contributed by atoms with van der Waals surface area (Å²) in [6, 6.07) is 0.327. The minimum atomic E-state index is 0.327. The van der Waals surface area contributed by atoms with Gasteiger partial charge in [-0.3, -0.25) is 0 Å². The first-order chi connectivity index (χ1) is 7.40. The molecule has 1 N–H and O–H groups in total. The van der Waals surface area contributed by atoms with Crippen LogP contribution in [0.5, 0.6) is 0 Å². The minimum Gasteiger partial charge on any atom is -0.378 e. The Labute approximate surface area is 94.2 Å². The van der Waals surface area contributed by atoms with Gasteiger partial charge in [-0.1, -0.05) is 4.49 Å². The van der Waals surface area contributed by atoms with Crippen molar-refractivity contribution in [3.8, 4) is 0 Å². The zero-order valence-corrected chi connectivity index (χ0v) is 9.80. The molecule has 2 atom stereocenters. The van der Waals surface area contributed by atoms with Crippen LogP contribution in [0.25, 0.3) is 0 Å². The van der Waals surface area contributed by atoms with Gasteiger partial charge in [-0.25, -0.2) is 0 Å². The normalized spacial score (nSPS) is 23.1. The SMILES string of the molecule is CNC(CCC1CCCO1)c1csnn1. The van der Waals surface area contributed by atoms with E-state index in [0.717, 1.165) is 25.1 Å². The number of ether oxygens (including phenoxy) is 1. The predicted octanol–water partition coefficient (Wildman–Crippen LogP) is 1.76. The van der Waals surface area contributed by atoms with Crippen molar-refractivity contribution < 1.29 is 4.74 Å². The fourth-order valence-electron chi connectivity index (χ4n) is 1.99. The number of nitrogens with zero attached hydrogens (tertiary/aromatic N) is 2. The second kappa shape index (κ2) is 5.53. The standard InChI is InChI=1S/C10H17N3OS/c1-11-9(10-7-15-13-12-10)5-4-8-3-2-6-14-8/h7-9,11H,2-6H2,1H3. The van der Waals surface area contributed by atoms with E-state index in [1.165, 1.54) is 24.4 Å². The number of nitrogens with one attached hydrogen (secondary N) is 1. The average Bonchev–Trinajstić information content (AvgIpc) is 2.90. The van der Waals surface area contributed by atoms with E-state index in [4.69, 9.17) is 4.74 Å². The van der Waals surface area contributed by atoms with Crippen LogP contribution in [-0.2, 0) is 4.74 Å². The average molecular weight is 227 g/mol. The van der Waals surface area contributed by atoms with Crippen LogP contribution in [-0.4, -0.2) is 29.3 Å². The Morgan fingerprint density at radius 3 is 3.27 bits per heavy atom. The molecule has 0 spiro atoms. The lowest BCUT2D eigenvalue weighted by Crippen LogP contribution is -2.19. The molecule has 0 bridgehead atoms. The molecule has 1 aromatic heterocycles. The summed E-state index contributed by atoms with van der Waals surface area (Å²) in [7, 11) is 1.97. The molecule has 5 heteroatoms. The van der Waals surface area contributed by atoms with Crippen molar-refractivity contribution in [2.45, 2.75) is 37.8 Å². The summed E-state index contributed by atoms with van der Waals surface area (Å²) >= 11 is 1.41. The molecule has 0 aromatic carbocycles. The van der Waals surface area contributed by atoms with Crippen LogP contribution in [0.1, 0.15) is 37.4 Å². The fraction of sp³-hybridized carbons (Fsp3) is 0.800. The monoisotopic (exact) mass is 227 g/mol. The smallest absolute Gasteiger partial charge is 0.0924 e. The lowest BCUT2D eigenvalue weighted by Gasteiger charge is -2.15. The van der Waals surface area contributed by atoms with Gasteiger partial charge in [0.15, 0.2) is 0 Å².